The molecule has 3 nitrogen and oxygen atoms in total. The van der Waals surface area contributed by atoms with Gasteiger partial charge in [-0.05, 0) is 30.7 Å². The van der Waals surface area contributed by atoms with Crippen LogP contribution in [0.3, 0.4) is 0 Å². The van der Waals surface area contributed by atoms with Crippen molar-refractivity contribution in [2.24, 2.45) is 0 Å². The molecule has 0 amide bonds. The summed E-state index contributed by atoms with van der Waals surface area (Å²) >= 11 is 0. The molecule has 0 aliphatic carbocycles. The summed E-state index contributed by atoms with van der Waals surface area (Å²) in [5.41, 5.74) is 3.56. The summed E-state index contributed by atoms with van der Waals surface area (Å²) in [5, 5.41) is 11.5. The maximum atomic E-state index is 10.5. The van der Waals surface area contributed by atoms with Gasteiger partial charge in [0, 0.05) is 35.1 Å². The van der Waals surface area contributed by atoms with Crippen LogP contribution in [0.15, 0.2) is 55.0 Å². The Morgan fingerprint density at radius 2 is 1.95 bits per heavy atom. The minimum atomic E-state index is -0.689. The highest BCUT2D eigenvalue weighted by atomic mass is 16.3. The van der Waals surface area contributed by atoms with Crippen molar-refractivity contribution in [1.29, 1.82) is 0 Å². The lowest BCUT2D eigenvalue weighted by atomic mass is 10.00. The molecule has 0 bridgehead atoms. The number of fused-ring (bicyclic) bond motifs is 1. The van der Waals surface area contributed by atoms with E-state index in [0.29, 0.717) is 0 Å². The Morgan fingerprint density at radius 1 is 1.11 bits per heavy atom. The number of benzene rings is 1. The number of rotatable bonds is 2. The fourth-order valence-corrected chi connectivity index (χ4v) is 2.18. The van der Waals surface area contributed by atoms with Crippen molar-refractivity contribution in [3.63, 3.8) is 0 Å². The molecule has 19 heavy (non-hydrogen) atoms. The third-order valence-electron chi connectivity index (χ3n) is 3.30. The van der Waals surface area contributed by atoms with Crippen molar-refractivity contribution in [2.45, 2.75) is 13.0 Å². The molecule has 2 aromatic heterocycles. The van der Waals surface area contributed by atoms with Gasteiger partial charge >= 0.3 is 0 Å². The smallest absolute Gasteiger partial charge is 0.107 e. The molecule has 2 heterocycles. The van der Waals surface area contributed by atoms with Gasteiger partial charge in [0.1, 0.15) is 6.10 Å². The summed E-state index contributed by atoms with van der Waals surface area (Å²) in [7, 11) is 0. The van der Waals surface area contributed by atoms with Crippen LogP contribution in [-0.4, -0.2) is 15.1 Å². The van der Waals surface area contributed by atoms with Gasteiger partial charge in [-0.3, -0.25) is 9.97 Å². The monoisotopic (exact) mass is 250 g/mol. The number of aliphatic hydroxyl groups is 1. The zero-order valence-corrected chi connectivity index (χ0v) is 10.6. The molecule has 0 fully saturated rings. The molecule has 0 aliphatic rings. The quantitative estimate of drug-likeness (QED) is 0.760. The molecule has 0 aliphatic heterocycles. The van der Waals surface area contributed by atoms with Crippen molar-refractivity contribution in [1.82, 2.24) is 9.97 Å². The molecule has 0 radical (unpaired) electrons. The Labute approximate surface area is 111 Å². The van der Waals surface area contributed by atoms with Gasteiger partial charge in [0.05, 0.1) is 5.52 Å². The fraction of sp³-hybridized carbons (Fsp3) is 0.125. The Morgan fingerprint density at radius 3 is 2.79 bits per heavy atom. The lowest BCUT2D eigenvalue weighted by Crippen LogP contribution is -2.03. The van der Waals surface area contributed by atoms with E-state index in [1.54, 1.807) is 18.6 Å². The largest absolute Gasteiger partial charge is 0.384 e. The third kappa shape index (κ3) is 2.20. The van der Waals surface area contributed by atoms with E-state index in [0.717, 1.165) is 27.6 Å². The van der Waals surface area contributed by atoms with Gasteiger partial charge in [-0.15, -0.1) is 0 Å². The number of aromatic nitrogens is 2. The molecule has 3 aromatic rings. The van der Waals surface area contributed by atoms with Gasteiger partial charge in [-0.1, -0.05) is 18.2 Å². The second-order valence-corrected chi connectivity index (χ2v) is 4.60. The van der Waals surface area contributed by atoms with Crippen LogP contribution in [0.25, 0.3) is 10.9 Å². The summed E-state index contributed by atoms with van der Waals surface area (Å²) in [6.07, 6.45) is 4.46. The number of hydrogen-bond acceptors (Lipinski definition) is 3. The van der Waals surface area contributed by atoms with Crippen LogP contribution in [0.1, 0.15) is 22.8 Å². The molecule has 94 valence electrons. The second kappa shape index (κ2) is 4.78. The predicted molar refractivity (Wildman–Crippen MR) is 74.8 cm³/mol. The normalized spacial score (nSPS) is 12.5. The van der Waals surface area contributed by atoms with Gasteiger partial charge < -0.3 is 5.11 Å². The molecule has 3 rings (SSSR count). The zero-order valence-electron chi connectivity index (χ0n) is 10.6. The number of pyridine rings is 2. The highest BCUT2D eigenvalue weighted by molar-refractivity contribution is 5.78. The first-order valence-electron chi connectivity index (χ1n) is 6.19. The summed E-state index contributed by atoms with van der Waals surface area (Å²) < 4.78 is 0. The van der Waals surface area contributed by atoms with E-state index in [4.69, 9.17) is 0 Å². The topological polar surface area (TPSA) is 46.0 Å². The van der Waals surface area contributed by atoms with Gasteiger partial charge in [-0.2, -0.15) is 0 Å². The van der Waals surface area contributed by atoms with Crippen LogP contribution in [0, 0.1) is 6.92 Å². The first-order valence-corrected chi connectivity index (χ1v) is 6.19. The van der Waals surface area contributed by atoms with Crippen molar-refractivity contribution < 1.29 is 5.11 Å². The molecule has 1 N–H and O–H groups in total. The van der Waals surface area contributed by atoms with Crippen molar-refractivity contribution in [2.75, 3.05) is 0 Å². The van der Waals surface area contributed by atoms with Crippen LogP contribution in [0.5, 0.6) is 0 Å². The first-order chi connectivity index (χ1) is 9.25. The fourth-order valence-electron chi connectivity index (χ4n) is 2.18. The lowest BCUT2D eigenvalue weighted by molar-refractivity contribution is 0.219. The third-order valence-corrected chi connectivity index (χ3v) is 3.30. The van der Waals surface area contributed by atoms with Crippen LogP contribution in [0.2, 0.25) is 0 Å². The predicted octanol–water partition coefficient (Wildman–Crippen LogP) is 3.02. The Bertz CT molecular complexity index is 725. The van der Waals surface area contributed by atoms with E-state index in [1.165, 1.54) is 0 Å². The van der Waals surface area contributed by atoms with E-state index in [2.05, 4.69) is 9.97 Å². The van der Waals surface area contributed by atoms with Gasteiger partial charge in [0.2, 0.25) is 0 Å². The zero-order chi connectivity index (χ0) is 13.2. The molecular formula is C16H14N2O. The van der Waals surface area contributed by atoms with Crippen LogP contribution < -0.4 is 0 Å². The molecule has 1 unspecified atom stereocenters. The number of aryl methyl sites for hydroxylation is 1. The molecule has 1 atom stereocenters. The first kappa shape index (κ1) is 11.8. The second-order valence-electron chi connectivity index (χ2n) is 4.60. The van der Waals surface area contributed by atoms with Crippen LogP contribution in [0.4, 0.5) is 0 Å². The molecule has 0 spiro atoms. The standard InChI is InChI=1S/C16H14N2O/c1-11-6-7-17-10-14(11)16(19)13-8-12-4-2-3-5-15(12)18-9-13/h2-10,16,19H,1H3. The minimum Gasteiger partial charge on any atom is -0.384 e. The summed E-state index contributed by atoms with van der Waals surface area (Å²) in [5.74, 6) is 0. The van der Waals surface area contributed by atoms with Gasteiger partial charge in [0.15, 0.2) is 0 Å². The minimum absolute atomic E-state index is 0.689. The Hall–Kier alpha value is -2.26. The highest BCUT2D eigenvalue weighted by Crippen LogP contribution is 2.25. The summed E-state index contributed by atoms with van der Waals surface area (Å²) in [6.45, 7) is 1.97. The van der Waals surface area contributed by atoms with E-state index in [9.17, 15) is 5.11 Å². The molecule has 1 aromatic carbocycles. The summed E-state index contributed by atoms with van der Waals surface area (Å²) in [6, 6.07) is 11.7. The molecule has 0 saturated carbocycles. The van der Waals surface area contributed by atoms with Crippen molar-refractivity contribution in [3.8, 4) is 0 Å². The molecular weight excluding hydrogens is 236 g/mol. The average Bonchev–Trinajstić information content (AvgIpc) is 2.46. The van der Waals surface area contributed by atoms with Crippen LogP contribution in [-0.2, 0) is 0 Å². The number of aliphatic hydroxyl groups excluding tert-OH is 1. The lowest BCUT2D eigenvalue weighted by Gasteiger charge is -2.13. The number of para-hydroxylation sites is 1. The van der Waals surface area contributed by atoms with Gasteiger partial charge in [-0.25, -0.2) is 0 Å². The van der Waals surface area contributed by atoms with E-state index in [1.807, 2.05) is 43.3 Å². The highest BCUT2D eigenvalue weighted by Gasteiger charge is 2.13. The molecule has 0 saturated heterocycles. The number of hydrogen-bond donors (Lipinski definition) is 1. The maximum Gasteiger partial charge on any atom is 0.107 e. The Kier molecular flexibility index (Phi) is 2.97. The molecule has 3 heteroatoms. The average molecular weight is 250 g/mol. The number of nitrogens with zero attached hydrogens (tertiary/aromatic N) is 2. The summed E-state index contributed by atoms with van der Waals surface area (Å²) in [4.78, 5) is 8.45. The SMILES string of the molecule is Cc1ccncc1C(O)c1cnc2ccccc2c1. The Balaban J connectivity index is 2.07. The van der Waals surface area contributed by atoms with Crippen LogP contribution >= 0.6 is 0 Å². The van der Waals surface area contributed by atoms with E-state index in [-0.39, 0.29) is 0 Å². The van der Waals surface area contributed by atoms with E-state index >= 15 is 0 Å². The maximum absolute atomic E-state index is 10.5. The van der Waals surface area contributed by atoms with Crippen molar-refractivity contribution >= 4 is 10.9 Å². The van der Waals surface area contributed by atoms with E-state index < -0.39 is 6.10 Å². The van der Waals surface area contributed by atoms with Crippen molar-refractivity contribution in [3.05, 3.63) is 71.7 Å². The van der Waals surface area contributed by atoms with Gasteiger partial charge in [0.25, 0.3) is 0 Å².